The molecule has 11 heteroatoms. The number of benzene rings is 2. The second kappa shape index (κ2) is 7.76. The second-order valence-electron chi connectivity index (χ2n) is 6.33. The summed E-state index contributed by atoms with van der Waals surface area (Å²) in [7, 11) is 0. The van der Waals surface area contributed by atoms with Gasteiger partial charge in [-0.25, -0.2) is 14.3 Å². The number of amides is 1. The standard InChI is InChI=1S/C19H13ClN6O4/c20-13-2-1-3-15(9-13)25-18-16(10-22-25)19(28)24(11-21-18)23-17(27)8-12-4-6-14(7-5-12)26(29)30/h1-7,9-11H,8H2,(H,23,27). The highest BCUT2D eigenvalue weighted by Gasteiger charge is 2.14. The van der Waals surface area contributed by atoms with Crippen molar-refractivity contribution >= 4 is 34.2 Å². The Balaban J connectivity index is 1.56. The van der Waals surface area contributed by atoms with Gasteiger partial charge in [-0.1, -0.05) is 29.8 Å². The van der Waals surface area contributed by atoms with Crippen molar-refractivity contribution in [3.8, 4) is 5.69 Å². The number of carbonyl (C=O) groups is 1. The average Bonchev–Trinajstić information content (AvgIpc) is 3.15. The van der Waals surface area contributed by atoms with Crippen LogP contribution in [0.5, 0.6) is 0 Å². The van der Waals surface area contributed by atoms with Gasteiger partial charge in [0, 0.05) is 17.2 Å². The minimum Gasteiger partial charge on any atom is -0.273 e. The van der Waals surface area contributed by atoms with E-state index in [2.05, 4.69) is 15.5 Å². The number of nitrogens with zero attached hydrogens (tertiary/aromatic N) is 5. The Morgan fingerprint density at radius 2 is 1.97 bits per heavy atom. The number of hydrogen-bond donors (Lipinski definition) is 1. The molecule has 4 aromatic rings. The Hall–Kier alpha value is -4.05. The van der Waals surface area contributed by atoms with E-state index in [-0.39, 0.29) is 17.5 Å². The van der Waals surface area contributed by atoms with Gasteiger partial charge >= 0.3 is 0 Å². The monoisotopic (exact) mass is 424 g/mol. The van der Waals surface area contributed by atoms with Crippen LogP contribution in [-0.4, -0.2) is 30.3 Å². The van der Waals surface area contributed by atoms with Crippen LogP contribution in [-0.2, 0) is 11.2 Å². The van der Waals surface area contributed by atoms with Crippen LogP contribution in [0.3, 0.4) is 0 Å². The first kappa shape index (κ1) is 19.3. The number of fused-ring (bicyclic) bond motifs is 1. The molecule has 30 heavy (non-hydrogen) atoms. The Labute approximate surface area is 173 Å². The highest BCUT2D eigenvalue weighted by atomic mass is 35.5. The SMILES string of the molecule is O=C(Cc1ccc([N+](=O)[O-])cc1)Nn1cnc2c(cnn2-c2cccc(Cl)c2)c1=O. The fourth-order valence-corrected chi connectivity index (χ4v) is 3.07. The smallest absolute Gasteiger partial charge is 0.273 e. The first-order chi connectivity index (χ1) is 14.4. The first-order valence-corrected chi connectivity index (χ1v) is 9.05. The third-order valence-corrected chi connectivity index (χ3v) is 4.53. The van der Waals surface area contributed by atoms with Crippen LogP contribution >= 0.6 is 11.6 Å². The molecule has 1 amide bonds. The van der Waals surface area contributed by atoms with Crippen LogP contribution in [0.4, 0.5) is 5.69 Å². The van der Waals surface area contributed by atoms with E-state index in [9.17, 15) is 19.7 Å². The van der Waals surface area contributed by atoms with Crippen molar-refractivity contribution in [1.82, 2.24) is 19.4 Å². The fraction of sp³-hybridized carbons (Fsp3) is 0.0526. The van der Waals surface area contributed by atoms with Crippen molar-refractivity contribution in [2.45, 2.75) is 6.42 Å². The molecule has 2 aromatic heterocycles. The average molecular weight is 425 g/mol. The Morgan fingerprint density at radius 3 is 2.67 bits per heavy atom. The molecule has 0 radical (unpaired) electrons. The van der Waals surface area contributed by atoms with Gasteiger partial charge in [-0.05, 0) is 23.8 Å². The summed E-state index contributed by atoms with van der Waals surface area (Å²) in [5, 5.41) is 15.6. The van der Waals surface area contributed by atoms with Gasteiger partial charge < -0.3 is 0 Å². The zero-order valence-corrected chi connectivity index (χ0v) is 16.0. The van der Waals surface area contributed by atoms with E-state index in [4.69, 9.17) is 11.6 Å². The maximum Gasteiger partial charge on any atom is 0.283 e. The van der Waals surface area contributed by atoms with Crippen LogP contribution in [0.25, 0.3) is 16.7 Å². The summed E-state index contributed by atoms with van der Waals surface area (Å²) in [5.74, 6) is -0.477. The minimum atomic E-state index is -0.520. The van der Waals surface area contributed by atoms with Crippen molar-refractivity contribution in [2.75, 3.05) is 5.43 Å². The van der Waals surface area contributed by atoms with Crippen molar-refractivity contribution in [3.05, 3.63) is 92.1 Å². The normalized spacial score (nSPS) is 10.8. The third-order valence-electron chi connectivity index (χ3n) is 4.30. The Bertz CT molecular complexity index is 1330. The predicted octanol–water partition coefficient (Wildman–Crippen LogP) is 2.46. The summed E-state index contributed by atoms with van der Waals surface area (Å²) in [6, 6.07) is 12.5. The first-order valence-electron chi connectivity index (χ1n) is 8.67. The van der Waals surface area contributed by atoms with Crippen LogP contribution in [0, 0.1) is 10.1 Å². The second-order valence-corrected chi connectivity index (χ2v) is 6.76. The van der Waals surface area contributed by atoms with Gasteiger partial charge in [0.15, 0.2) is 5.65 Å². The van der Waals surface area contributed by atoms with Crippen molar-refractivity contribution in [3.63, 3.8) is 0 Å². The van der Waals surface area contributed by atoms with Crippen LogP contribution in [0.1, 0.15) is 5.56 Å². The summed E-state index contributed by atoms with van der Waals surface area (Å²) in [5.41, 5.74) is 3.42. The summed E-state index contributed by atoms with van der Waals surface area (Å²) >= 11 is 6.01. The third kappa shape index (κ3) is 3.76. The Morgan fingerprint density at radius 1 is 1.20 bits per heavy atom. The summed E-state index contributed by atoms with van der Waals surface area (Å²) in [6.45, 7) is 0. The molecule has 2 aromatic carbocycles. The molecule has 0 saturated carbocycles. The number of halogens is 1. The van der Waals surface area contributed by atoms with Gasteiger partial charge in [-0.2, -0.15) is 5.10 Å². The predicted molar refractivity (Wildman–Crippen MR) is 109 cm³/mol. The van der Waals surface area contributed by atoms with Gasteiger partial charge in [0.05, 0.1) is 23.2 Å². The molecule has 0 spiro atoms. The van der Waals surface area contributed by atoms with E-state index < -0.39 is 16.4 Å². The topological polar surface area (TPSA) is 125 Å². The Kier molecular flexibility index (Phi) is 4.98. The van der Waals surface area contributed by atoms with Gasteiger partial charge in [0.25, 0.3) is 11.2 Å². The van der Waals surface area contributed by atoms with Gasteiger partial charge in [0.2, 0.25) is 5.91 Å². The molecule has 0 unspecified atom stereocenters. The molecule has 4 rings (SSSR count). The molecule has 150 valence electrons. The van der Waals surface area contributed by atoms with Gasteiger partial charge in [-0.15, -0.1) is 0 Å². The number of nitrogens with one attached hydrogen (secondary N) is 1. The zero-order chi connectivity index (χ0) is 21.3. The molecule has 0 saturated heterocycles. The van der Waals surface area contributed by atoms with Gasteiger partial charge in [0.1, 0.15) is 11.7 Å². The highest BCUT2D eigenvalue weighted by molar-refractivity contribution is 6.30. The molecule has 0 aliphatic carbocycles. The number of rotatable bonds is 5. The molecule has 0 aliphatic rings. The molecule has 0 bridgehead atoms. The quantitative estimate of drug-likeness (QED) is 0.387. The van der Waals surface area contributed by atoms with Gasteiger partial charge in [-0.3, -0.25) is 25.1 Å². The number of aromatic nitrogens is 4. The molecule has 0 atom stereocenters. The summed E-state index contributed by atoms with van der Waals surface area (Å²) in [6.07, 6.45) is 2.50. The van der Waals surface area contributed by atoms with E-state index in [0.29, 0.717) is 21.9 Å². The number of carbonyl (C=O) groups excluding carboxylic acids is 1. The lowest BCUT2D eigenvalue weighted by atomic mass is 10.1. The lowest BCUT2D eigenvalue weighted by Gasteiger charge is -2.08. The summed E-state index contributed by atoms with van der Waals surface area (Å²) in [4.78, 5) is 39.4. The number of hydrogen-bond acceptors (Lipinski definition) is 6. The zero-order valence-electron chi connectivity index (χ0n) is 15.2. The number of non-ortho nitro benzene ring substituents is 1. The van der Waals surface area contributed by atoms with Crippen molar-refractivity contribution in [2.24, 2.45) is 0 Å². The highest BCUT2D eigenvalue weighted by Crippen LogP contribution is 2.17. The van der Waals surface area contributed by atoms with Crippen LogP contribution < -0.4 is 11.0 Å². The summed E-state index contributed by atoms with van der Waals surface area (Å²) < 4.78 is 2.45. The largest absolute Gasteiger partial charge is 0.283 e. The maximum atomic E-state index is 12.7. The fourth-order valence-electron chi connectivity index (χ4n) is 2.88. The van der Waals surface area contributed by atoms with Crippen LogP contribution in [0.2, 0.25) is 5.02 Å². The molecule has 1 N–H and O–H groups in total. The van der Waals surface area contributed by atoms with E-state index in [0.717, 1.165) is 4.68 Å². The molecule has 2 heterocycles. The lowest BCUT2D eigenvalue weighted by molar-refractivity contribution is -0.384. The van der Waals surface area contributed by atoms with E-state index >= 15 is 0 Å². The maximum absolute atomic E-state index is 12.7. The van der Waals surface area contributed by atoms with E-state index in [1.54, 1.807) is 24.3 Å². The van der Waals surface area contributed by atoms with Crippen molar-refractivity contribution in [1.29, 1.82) is 0 Å². The minimum absolute atomic E-state index is 0.0652. The molecular weight excluding hydrogens is 412 g/mol. The molecule has 0 fully saturated rings. The van der Waals surface area contributed by atoms with Crippen LogP contribution in [0.15, 0.2) is 65.8 Å². The number of nitro benzene ring substituents is 1. The number of nitro groups is 1. The van der Waals surface area contributed by atoms with E-state index in [1.807, 2.05) is 0 Å². The lowest BCUT2D eigenvalue weighted by Crippen LogP contribution is -2.34. The molecule has 10 nitrogen and oxygen atoms in total. The van der Waals surface area contributed by atoms with Crippen molar-refractivity contribution < 1.29 is 9.72 Å². The molecular formula is C19H13ClN6O4. The van der Waals surface area contributed by atoms with E-state index in [1.165, 1.54) is 41.5 Å². The molecule has 0 aliphatic heterocycles.